The van der Waals surface area contributed by atoms with Crippen LogP contribution in [-0.2, 0) is 5.41 Å². The minimum atomic E-state index is -0.0493. The predicted molar refractivity (Wildman–Crippen MR) is 135 cm³/mol. The zero-order valence-electron chi connectivity index (χ0n) is 19.3. The van der Waals surface area contributed by atoms with Gasteiger partial charge in [-0.3, -0.25) is 4.57 Å². The number of imidazole rings is 1. The van der Waals surface area contributed by atoms with Crippen LogP contribution in [0.3, 0.4) is 0 Å². The molecule has 6 rings (SSSR count). The number of pyridine rings is 1. The van der Waals surface area contributed by atoms with Gasteiger partial charge in [-0.1, -0.05) is 57.2 Å². The number of para-hydroxylation sites is 3. The summed E-state index contributed by atoms with van der Waals surface area (Å²) in [6.07, 6.45) is 0. The van der Waals surface area contributed by atoms with Crippen LogP contribution in [0.4, 0.5) is 0 Å². The number of hydrogen-bond acceptors (Lipinski definition) is 3. The molecule has 0 bridgehead atoms. The van der Waals surface area contributed by atoms with Crippen LogP contribution in [-0.4, -0.2) is 14.5 Å². The summed E-state index contributed by atoms with van der Waals surface area (Å²) in [4.78, 5) is 9.94. The quantitative estimate of drug-likeness (QED) is 0.284. The monoisotopic (exact) mass is 431 g/mol. The standard InChI is InChI=1S/C29H25N3O/c1-18-14-15-21(26-25(18)20-16-17-24(29(2,3)4)31-28(20)33-26)27-30-22-12-8-9-13-23(22)32(27)19-10-6-5-7-11-19/h5-17H,1-4H3. The molecule has 0 saturated carbocycles. The molecule has 0 radical (unpaired) electrons. The smallest absolute Gasteiger partial charge is 0.227 e. The van der Waals surface area contributed by atoms with Gasteiger partial charge in [0, 0.05) is 27.6 Å². The van der Waals surface area contributed by atoms with Crippen molar-refractivity contribution in [3.8, 4) is 17.1 Å². The second-order valence-electron chi connectivity index (χ2n) is 9.63. The largest absolute Gasteiger partial charge is 0.437 e. The maximum absolute atomic E-state index is 6.48. The molecule has 0 aliphatic carbocycles. The fourth-order valence-corrected chi connectivity index (χ4v) is 4.57. The van der Waals surface area contributed by atoms with Crippen molar-refractivity contribution in [2.24, 2.45) is 0 Å². The van der Waals surface area contributed by atoms with Crippen LogP contribution in [0, 0.1) is 6.92 Å². The molecule has 0 amide bonds. The molecule has 4 heteroatoms. The van der Waals surface area contributed by atoms with Crippen molar-refractivity contribution < 1.29 is 4.42 Å². The highest BCUT2D eigenvalue weighted by atomic mass is 16.3. The van der Waals surface area contributed by atoms with Crippen LogP contribution < -0.4 is 0 Å². The Bertz CT molecular complexity index is 1650. The Morgan fingerprint density at radius 2 is 1.55 bits per heavy atom. The normalized spacial score (nSPS) is 12.2. The molecule has 4 nitrogen and oxygen atoms in total. The zero-order valence-corrected chi connectivity index (χ0v) is 19.3. The molecule has 0 saturated heterocycles. The number of rotatable bonds is 2. The van der Waals surface area contributed by atoms with Gasteiger partial charge >= 0.3 is 0 Å². The van der Waals surface area contributed by atoms with Crippen LogP contribution in [0.2, 0.25) is 0 Å². The molecule has 3 heterocycles. The number of aromatic nitrogens is 3. The molecule has 0 unspecified atom stereocenters. The van der Waals surface area contributed by atoms with Crippen LogP contribution in [0.1, 0.15) is 32.0 Å². The molecule has 0 aliphatic heterocycles. The van der Waals surface area contributed by atoms with Gasteiger partial charge in [-0.15, -0.1) is 0 Å². The molecule has 0 N–H and O–H groups in total. The number of furan rings is 1. The number of fused-ring (bicyclic) bond motifs is 4. The van der Waals surface area contributed by atoms with E-state index in [2.05, 4.69) is 99.0 Å². The zero-order chi connectivity index (χ0) is 22.7. The Morgan fingerprint density at radius 3 is 2.33 bits per heavy atom. The van der Waals surface area contributed by atoms with Gasteiger partial charge < -0.3 is 4.42 Å². The van der Waals surface area contributed by atoms with E-state index in [0.29, 0.717) is 5.71 Å². The minimum absolute atomic E-state index is 0.0493. The van der Waals surface area contributed by atoms with Gasteiger partial charge in [-0.05, 0) is 55.0 Å². The molecule has 162 valence electrons. The first-order valence-electron chi connectivity index (χ1n) is 11.3. The van der Waals surface area contributed by atoms with E-state index in [9.17, 15) is 0 Å². The average molecular weight is 432 g/mol. The average Bonchev–Trinajstić information content (AvgIpc) is 3.38. The third-order valence-corrected chi connectivity index (χ3v) is 6.28. The van der Waals surface area contributed by atoms with Gasteiger partial charge in [0.15, 0.2) is 0 Å². The second-order valence-corrected chi connectivity index (χ2v) is 9.63. The molecular weight excluding hydrogens is 406 g/mol. The molecule has 3 aromatic heterocycles. The third-order valence-electron chi connectivity index (χ3n) is 6.28. The Hall–Kier alpha value is -3.92. The van der Waals surface area contributed by atoms with Gasteiger partial charge in [-0.2, -0.15) is 0 Å². The first-order chi connectivity index (χ1) is 15.9. The van der Waals surface area contributed by atoms with Crippen molar-refractivity contribution >= 4 is 33.1 Å². The lowest BCUT2D eigenvalue weighted by atomic mass is 9.91. The van der Waals surface area contributed by atoms with Crippen molar-refractivity contribution in [3.63, 3.8) is 0 Å². The van der Waals surface area contributed by atoms with Crippen LogP contribution in [0.15, 0.2) is 83.3 Å². The number of nitrogens with zero attached hydrogens (tertiary/aromatic N) is 3. The highest BCUT2D eigenvalue weighted by molar-refractivity contribution is 6.10. The van der Waals surface area contributed by atoms with Gasteiger partial charge in [0.05, 0.1) is 16.6 Å². The van der Waals surface area contributed by atoms with E-state index < -0.39 is 0 Å². The number of hydrogen-bond donors (Lipinski definition) is 0. The lowest BCUT2D eigenvalue weighted by Crippen LogP contribution is -2.12. The van der Waals surface area contributed by atoms with E-state index in [1.165, 1.54) is 5.56 Å². The lowest BCUT2D eigenvalue weighted by molar-refractivity contribution is 0.562. The van der Waals surface area contributed by atoms with Crippen LogP contribution >= 0.6 is 0 Å². The molecule has 33 heavy (non-hydrogen) atoms. The SMILES string of the molecule is Cc1ccc(-c2nc3ccccc3n2-c2ccccc2)c2oc3nc(C(C)(C)C)ccc3c12. The molecule has 0 atom stereocenters. The molecule has 0 aliphatic rings. The topological polar surface area (TPSA) is 43.9 Å². The van der Waals surface area contributed by atoms with Gasteiger partial charge in [-0.25, -0.2) is 9.97 Å². The third kappa shape index (κ3) is 3.05. The van der Waals surface area contributed by atoms with Crippen molar-refractivity contribution in [2.45, 2.75) is 33.1 Å². The summed E-state index contributed by atoms with van der Waals surface area (Å²) in [5, 5.41) is 2.14. The minimum Gasteiger partial charge on any atom is -0.437 e. The van der Waals surface area contributed by atoms with E-state index in [1.807, 2.05) is 12.1 Å². The fourth-order valence-electron chi connectivity index (χ4n) is 4.57. The maximum atomic E-state index is 6.48. The first-order valence-corrected chi connectivity index (χ1v) is 11.3. The van der Waals surface area contributed by atoms with Crippen molar-refractivity contribution in [1.82, 2.24) is 14.5 Å². The van der Waals surface area contributed by atoms with Gasteiger partial charge in [0.2, 0.25) is 5.71 Å². The van der Waals surface area contributed by atoms with E-state index in [1.54, 1.807) is 0 Å². The summed E-state index contributed by atoms with van der Waals surface area (Å²) in [6, 6.07) is 27.1. The number of benzene rings is 3. The van der Waals surface area contributed by atoms with Crippen LogP contribution in [0.25, 0.3) is 50.2 Å². The maximum Gasteiger partial charge on any atom is 0.227 e. The van der Waals surface area contributed by atoms with Gasteiger partial charge in [0.25, 0.3) is 0 Å². The summed E-state index contributed by atoms with van der Waals surface area (Å²) in [6.45, 7) is 8.63. The summed E-state index contributed by atoms with van der Waals surface area (Å²) in [5.41, 5.74) is 7.69. The van der Waals surface area contributed by atoms with Gasteiger partial charge in [0.1, 0.15) is 11.4 Å². The van der Waals surface area contributed by atoms with Crippen LogP contribution in [0.5, 0.6) is 0 Å². The molecule has 0 fully saturated rings. The van der Waals surface area contributed by atoms with E-state index in [4.69, 9.17) is 14.4 Å². The van der Waals surface area contributed by atoms with Crippen molar-refractivity contribution in [3.05, 3.63) is 90.1 Å². The lowest BCUT2D eigenvalue weighted by Gasteiger charge is -2.16. The summed E-state index contributed by atoms with van der Waals surface area (Å²) < 4.78 is 8.69. The highest BCUT2D eigenvalue weighted by Crippen LogP contribution is 2.39. The Kier molecular flexibility index (Phi) is 4.21. The Morgan fingerprint density at radius 1 is 0.788 bits per heavy atom. The van der Waals surface area contributed by atoms with Crippen molar-refractivity contribution in [2.75, 3.05) is 0 Å². The second kappa shape index (κ2) is 7.04. The highest BCUT2D eigenvalue weighted by Gasteiger charge is 2.22. The summed E-state index contributed by atoms with van der Waals surface area (Å²) >= 11 is 0. The van der Waals surface area contributed by atoms with E-state index in [-0.39, 0.29) is 5.41 Å². The molecular formula is C29H25N3O. The number of aryl methyl sites for hydroxylation is 1. The Balaban J connectivity index is 1.70. The van der Waals surface area contributed by atoms with E-state index in [0.717, 1.165) is 50.2 Å². The molecule has 3 aromatic carbocycles. The van der Waals surface area contributed by atoms with Crippen molar-refractivity contribution in [1.29, 1.82) is 0 Å². The first kappa shape index (κ1) is 19.7. The Labute approximate surface area is 192 Å². The predicted octanol–water partition coefficient (Wildman–Crippen LogP) is 7.59. The molecule has 0 spiro atoms. The summed E-state index contributed by atoms with van der Waals surface area (Å²) in [5.74, 6) is 0.863. The summed E-state index contributed by atoms with van der Waals surface area (Å²) in [7, 11) is 0. The van der Waals surface area contributed by atoms with E-state index >= 15 is 0 Å². The fraction of sp³-hybridized carbons (Fsp3) is 0.172. The molecule has 6 aromatic rings.